The second-order valence-corrected chi connectivity index (χ2v) is 4.68. The predicted molar refractivity (Wildman–Crippen MR) is 69.5 cm³/mol. The fourth-order valence-electron chi connectivity index (χ4n) is 2.12. The fourth-order valence-corrected chi connectivity index (χ4v) is 2.12. The van der Waals surface area contributed by atoms with Crippen LogP contribution in [-0.4, -0.2) is 9.55 Å². The lowest BCUT2D eigenvalue weighted by Crippen LogP contribution is -2.24. The van der Waals surface area contributed by atoms with Crippen LogP contribution in [0.4, 0.5) is 8.78 Å². The molecule has 0 aliphatic heterocycles. The Hall–Kier alpha value is -1.75. The number of aryl methyl sites for hydroxylation is 1. The average molecular weight is 265 g/mol. The molecule has 0 aliphatic carbocycles. The third kappa shape index (κ3) is 2.98. The zero-order valence-electron chi connectivity index (χ0n) is 11.2. The highest BCUT2D eigenvalue weighted by atomic mass is 19.2. The van der Waals surface area contributed by atoms with E-state index >= 15 is 0 Å². The Labute approximate surface area is 111 Å². The van der Waals surface area contributed by atoms with Gasteiger partial charge in [-0.1, -0.05) is 6.07 Å². The number of aromatic nitrogens is 2. The molecule has 2 aromatic rings. The van der Waals surface area contributed by atoms with Crippen molar-refractivity contribution in [3.63, 3.8) is 0 Å². The zero-order valence-corrected chi connectivity index (χ0v) is 11.2. The number of hydrogen-bond acceptors (Lipinski definition) is 2. The molecule has 0 bridgehead atoms. The molecular weight excluding hydrogens is 248 g/mol. The summed E-state index contributed by atoms with van der Waals surface area (Å²) in [6, 6.07) is 3.87. The topological polar surface area (TPSA) is 29.9 Å². The first-order valence-electron chi connectivity index (χ1n) is 6.17. The Bertz CT molecular complexity index is 566. The van der Waals surface area contributed by atoms with Crippen molar-refractivity contribution in [1.82, 2.24) is 14.9 Å². The number of nitrogens with zero attached hydrogens (tertiary/aromatic N) is 2. The maximum atomic E-state index is 13.2. The van der Waals surface area contributed by atoms with Gasteiger partial charge in [-0.3, -0.25) is 0 Å². The van der Waals surface area contributed by atoms with Gasteiger partial charge in [0.2, 0.25) is 0 Å². The largest absolute Gasteiger partial charge is 0.337 e. The highest BCUT2D eigenvalue weighted by Crippen LogP contribution is 2.19. The standard InChI is InChI=1S/C14H17F2N3/c1-9(11-4-5-12(15)13(16)8-11)18-10(2)14-17-6-7-19(14)3/h4-10,18H,1-3H3. The van der Waals surface area contributed by atoms with E-state index in [1.54, 1.807) is 12.3 Å². The molecule has 1 aromatic carbocycles. The fraction of sp³-hybridized carbons (Fsp3) is 0.357. The van der Waals surface area contributed by atoms with E-state index in [4.69, 9.17) is 0 Å². The molecule has 1 aromatic heterocycles. The molecule has 0 radical (unpaired) electrons. The Morgan fingerprint density at radius 1 is 1.16 bits per heavy atom. The van der Waals surface area contributed by atoms with Crippen molar-refractivity contribution >= 4 is 0 Å². The Kier molecular flexibility index (Phi) is 3.95. The summed E-state index contributed by atoms with van der Waals surface area (Å²) in [5.41, 5.74) is 0.708. The number of rotatable bonds is 4. The minimum atomic E-state index is -0.826. The Balaban J connectivity index is 2.10. The molecule has 5 heteroatoms. The molecule has 0 aliphatic rings. The van der Waals surface area contributed by atoms with Crippen molar-refractivity contribution < 1.29 is 8.78 Å². The summed E-state index contributed by atoms with van der Waals surface area (Å²) in [5, 5.41) is 3.31. The van der Waals surface area contributed by atoms with Gasteiger partial charge in [0.15, 0.2) is 11.6 Å². The second kappa shape index (κ2) is 5.48. The average Bonchev–Trinajstić information content (AvgIpc) is 2.79. The third-order valence-corrected chi connectivity index (χ3v) is 3.19. The lowest BCUT2D eigenvalue weighted by molar-refractivity contribution is 0.460. The van der Waals surface area contributed by atoms with Crippen molar-refractivity contribution in [3.05, 3.63) is 53.6 Å². The van der Waals surface area contributed by atoms with Gasteiger partial charge >= 0.3 is 0 Å². The van der Waals surface area contributed by atoms with Crippen molar-refractivity contribution in [2.24, 2.45) is 7.05 Å². The van der Waals surface area contributed by atoms with Gasteiger partial charge < -0.3 is 9.88 Å². The molecule has 2 rings (SSSR count). The van der Waals surface area contributed by atoms with E-state index in [1.807, 2.05) is 31.7 Å². The number of imidazole rings is 1. The number of nitrogens with one attached hydrogen (secondary N) is 1. The van der Waals surface area contributed by atoms with Crippen LogP contribution in [0.5, 0.6) is 0 Å². The first kappa shape index (κ1) is 13.7. The summed E-state index contributed by atoms with van der Waals surface area (Å²) in [6.07, 6.45) is 3.60. The smallest absolute Gasteiger partial charge is 0.159 e. The van der Waals surface area contributed by atoms with Crippen LogP contribution in [0.1, 0.15) is 37.3 Å². The van der Waals surface area contributed by atoms with Gasteiger partial charge in [-0.05, 0) is 31.5 Å². The van der Waals surface area contributed by atoms with Crippen LogP contribution < -0.4 is 5.32 Å². The molecular formula is C14H17F2N3. The minimum absolute atomic E-state index is 0.0168. The number of halogens is 2. The molecule has 0 amide bonds. The molecule has 0 spiro atoms. The highest BCUT2D eigenvalue weighted by molar-refractivity contribution is 5.21. The van der Waals surface area contributed by atoms with E-state index < -0.39 is 11.6 Å². The highest BCUT2D eigenvalue weighted by Gasteiger charge is 2.15. The third-order valence-electron chi connectivity index (χ3n) is 3.19. The van der Waals surface area contributed by atoms with Gasteiger partial charge in [-0.25, -0.2) is 13.8 Å². The first-order chi connectivity index (χ1) is 8.99. The molecule has 3 nitrogen and oxygen atoms in total. The van der Waals surface area contributed by atoms with Gasteiger partial charge in [0, 0.05) is 25.5 Å². The van der Waals surface area contributed by atoms with Gasteiger partial charge in [-0.2, -0.15) is 0 Å². The van der Waals surface area contributed by atoms with Crippen molar-refractivity contribution in [3.8, 4) is 0 Å². The van der Waals surface area contributed by atoms with Crippen LogP contribution in [0.3, 0.4) is 0 Å². The van der Waals surface area contributed by atoms with Gasteiger partial charge in [0.1, 0.15) is 5.82 Å². The second-order valence-electron chi connectivity index (χ2n) is 4.68. The molecule has 0 saturated carbocycles. The summed E-state index contributed by atoms with van der Waals surface area (Å²) >= 11 is 0. The molecule has 1 N–H and O–H groups in total. The van der Waals surface area contributed by atoms with E-state index in [2.05, 4.69) is 10.3 Å². The van der Waals surface area contributed by atoms with Crippen LogP contribution in [0, 0.1) is 11.6 Å². The normalized spacial score (nSPS) is 14.4. The molecule has 0 saturated heterocycles. The molecule has 19 heavy (non-hydrogen) atoms. The van der Waals surface area contributed by atoms with Crippen molar-refractivity contribution in [1.29, 1.82) is 0 Å². The summed E-state index contributed by atoms with van der Waals surface area (Å²) in [5.74, 6) is -0.752. The first-order valence-corrected chi connectivity index (χ1v) is 6.17. The number of hydrogen-bond donors (Lipinski definition) is 1. The van der Waals surface area contributed by atoms with E-state index in [9.17, 15) is 8.78 Å². The van der Waals surface area contributed by atoms with Crippen LogP contribution in [-0.2, 0) is 7.05 Å². The van der Waals surface area contributed by atoms with Gasteiger partial charge in [-0.15, -0.1) is 0 Å². The number of benzene rings is 1. The summed E-state index contributed by atoms with van der Waals surface area (Å²) < 4.78 is 28.0. The van der Waals surface area contributed by atoms with E-state index in [0.29, 0.717) is 5.56 Å². The minimum Gasteiger partial charge on any atom is -0.337 e. The Morgan fingerprint density at radius 2 is 1.89 bits per heavy atom. The van der Waals surface area contributed by atoms with E-state index in [1.165, 1.54) is 6.07 Å². The van der Waals surface area contributed by atoms with Crippen molar-refractivity contribution in [2.75, 3.05) is 0 Å². The van der Waals surface area contributed by atoms with Gasteiger partial charge in [0.25, 0.3) is 0 Å². The lowest BCUT2D eigenvalue weighted by Gasteiger charge is -2.20. The molecule has 2 unspecified atom stereocenters. The van der Waals surface area contributed by atoms with Crippen LogP contribution >= 0.6 is 0 Å². The SMILES string of the molecule is CC(NC(C)c1nccn1C)c1ccc(F)c(F)c1. The summed E-state index contributed by atoms with van der Waals surface area (Å²) in [4.78, 5) is 4.26. The van der Waals surface area contributed by atoms with E-state index in [0.717, 1.165) is 11.9 Å². The predicted octanol–water partition coefficient (Wildman–Crippen LogP) is 3.11. The molecule has 1 heterocycles. The lowest BCUT2D eigenvalue weighted by atomic mass is 10.1. The summed E-state index contributed by atoms with van der Waals surface area (Å²) in [7, 11) is 1.92. The van der Waals surface area contributed by atoms with Crippen LogP contribution in [0.25, 0.3) is 0 Å². The Morgan fingerprint density at radius 3 is 2.47 bits per heavy atom. The zero-order chi connectivity index (χ0) is 14.0. The maximum absolute atomic E-state index is 13.2. The molecule has 102 valence electrons. The molecule has 0 fully saturated rings. The quantitative estimate of drug-likeness (QED) is 0.920. The maximum Gasteiger partial charge on any atom is 0.159 e. The van der Waals surface area contributed by atoms with Gasteiger partial charge in [0.05, 0.1) is 6.04 Å². The van der Waals surface area contributed by atoms with Crippen molar-refractivity contribution in [2.45, 2.75) is 25.9 Å². The van der Waals surface area contributed by atoms with Crippen LogP contribution in [0.2, 0.25) is 0 Å². The van der Waals surface area contributed by atoms with E-state index in [-0.39, 0.29) is 12.1 Å². The molecule has 2 atom stereocenters. The monoisotopic (exact) mass is 265 g/mol. The van der Waals surface area contributed by atoms with Crippen LogP contribution in [0.15, 0.2) is 30.6 Å². The summed E-state index contributed by atoms with van der Waals surface area (Å²) in [6.45, 7) is 3.89.